The number of carbonyl (C=O) groups is 1. The van der Waals surface area contributed by atoms with E-state index in [9.17, 15) is 33.3 Å². The zero-order valence-electron chi connectivity index (χ0n) is 37.2. The molecule has 0 bridgehead atoms. The van der Waals surface area contributed by atoms with Gasteiger partial charge in [0.25, 0.3) is 5.91 Å². The molecule has 5 N–H and O–H groups in total. The summed E-state index contributed by atoms with van der Waals surface area (Å²) >= 11 is 0. The minimum Gasteiger partial charge on any atom is -0.396 e. The maximum absolute atomic E-state index is 13.7. The van der Waals surface area contributed by atoms with E-state index in [0.29, 0.717) is 75.4 Å². The maximum atomic E-state index is 13.7. The number of carbonyl (C=O) groups excluding carboxylic acids is 1. The summed E-state index contributed by atoms with van der Waals surface area (Å²) in [6, 6.07) is 22.4. The second-order valence-corrected chi connectivity index (χ2v) is 15.7. The fourth-order valence-electron chi connectivity index (χ4n) is 6.90. The van der Waals surface area contributed by atoms with Crippen molar-refractivity contribution in [1.29, 1.82) is 0 Å². The van der Waals surface area contributed by atoms with Gasteiger partial charge in [-0.2, -0.15) is 13.2 Å². The molecule has 2 atom stereocenters. The Morgan fingerprint density at radius 2 is 1.38 bits per heavy atom. The number of rotatable bonds is 31. The Labute approximate surface area is 379 Å². The van der Waals surface area contributed by atoms with Crippen LogP contribution in [0.5, 0.6) is 0 Å². The van der Waals surface area contributed by atoms with E-state index in [1.807, 2.05) is 48.5 Å². The first kappa shape index (κ1) is 51.5. The molecule has 0 radical (unpaired) electrons. The van der Waals surface area contributed by atoms with Crippen molar-refractivity contribution in [2.45, 2.75) is 51.7 Å². The maximum Gasteiger partial charge on any atom is 0.416 e. The number of hydrogen-bond acceptors (Lipinski definition) is 13. The van der Waals surface area contributed by atoms with E-state index in [1.54, 1.807) is 18.3 Å². The molecule has 2 heterocycles. The number of aliphatic hydroxyl groups is 3. The molecular formula is C48H63F3N4O10. The summed E-state index contributed by atoms with van der Waals surface area (Å²) in [6.07, 6.45) is -1.93. The molecule has 1 fully saturated rings. The number of hydrogen-bond donors (Lipinski definition) is 5. The number of aliphatic hydroxyl groups excluding tert-OH is 3. The van der Waals surface area contributed by atoms with Crippen molar-refractivity contribution in [3.8, 4) is 11.3 Å². The topological polar surface area (TPSA) is 177 Å². The number of aromatic nitrogens is 1. The zero-order valence-corrected chi connectivity index (χ0v) is 37.2. The van der Waals surface area contributed by atoms with Crippen LogP contribution in [0.4, 0.5) is 24.5 Å². The predicted molar refractivity (Wildman–Crippen MR) is 240 cm³/mol. The summed E-state index contributed by atoms with van der Waals surface area (Å²) in [4.78, 5) is 20.6. The van der Waals surface area contributed by atoms with Gasteiger partial charge in [-0.15, -0.1) is 0 Å². The fourth-order valence-corrected chi connectivity index (χ4v) is 6.90. The number of ether oxygens (including phenoxy) is 6. The highest BCUT2D eigenvalue weighted by Crippen LogP contribution is 2.40. The van der Waals surface area contributed by atoms with Crippen LogP contribution in [0.1, 0.15) is 59.0 Å². The lowest BCUT2D eigenvalue weighted by molar-refractivity contribution is -0.137. The highest BCUT2D eigenvalue weighted by molar-refractivity contribution is 6.06. The van der Waals surface area contributed by atoms with Crippen LogP contribution in [0, 0.1) is 5.41 Å². The summed E-state index contributed by atoms with van der Waals surface area (Å²) < 4.78 is 73.2. The second-order valence-electron chi connectivity index (χ2n) is 15.7. The predicted octanol–water partition coefficient (Wildman–Crippen LogP) is 6.03. The molecule has 1 aliphatic heterocycles. The number of epoxide rings is 1. The summed E-state index contributed by atoms with van der Waals surface area (Å²) in [5.74, 6) is -0.260. The lowest BCUT2D eigenvalue weighted by Crippen LogP contribution is -2.39. The monoisotopic (exact) mass is 912 g/mol. The SMILES string of the molecule is CCN(CC)c1ccc(NC(=O)c2cccc(CCCOCCOCCOCCOCCOCC(CO)(CO)CO)c2)c(-c2cc(C3OC3NCc3cccc(C(F)(F)F)c3)ccn2)c1. The quantitative estimate of drug-likeness (QED) is 0.0293. The van der Waals surface area contributed by atoms with E-state index < -0.39 is 17.2 Å². The van der Waals surface area contributed by atoms with Gasteiger partial charge < -0.3 is 54.0 Å². The lowest BCUT2D eigenvalue weighted by atomic mass is 9.93. The lowest BCUT2D eigenvalue weighted by Gasteiger charge is -2.26. The first-order valence-electron chi connectivity index (χ1n) is 22.0. The van der Waals surface area contributed by atoms with Crippen molar-refractivity contribution in [3.63, 3.8) is 0 Å². The number of nitrogens with one attached hydrogen (secondary N) is 2. The Morgan fingerprint density at radius 1 is 0.754 bits per heavy atom. The molecule has 14 nitrogen and oxygen atoms in total. The molecule has 0 aliphatic carbocycles. The molecule has 2 unspecified atom stereocenters. The molecule has 356 valence electrons. The molecule has 65 heavy (non-hydrogen) atoms. The number of pyridine rings is 1. The van der Waals surface area contributed by atoms with Crippen LogP contribution in [-0.4, -0.2) is 131 Å². The van der Waals surface area contributed by atoms with Gasteiger partial charge in [-0.1, -0.05) is 30.3 Å². The van der Waals surface area contributed by atoms with E-state index in [0.717, 1.165) is 60.4 Å². The highest BCUT2D eigenvalue weighted by atomic mass is 19.4. The third kappa shape index (κ3) is 16.4. The third-order valence-corrected chi connectivity index (χ3v) is 10.9. The Balaban J connectivity index is 1.03. The molecule has 4 aromatic rings. The van der Waals surface area contributed by atoms with Gasteiger partial charge in [-0.25, -0.2) is 0 Å². The summed E-state index contributed by atoms with van der Waals surface area (Å²) in [5, 5.41) is 34.2. The number of aryl methyl sites for hydroxylation is 1. The minimum atomic E-state index is -4.41. The molecule has 1 aromatic heterocycles. The van der Waals surface area contributed by atoms with E-state index >= 15 is 0 Å². The normalized spacial score (nSPS) is 15.0. The Kier molecular flexibility index (Phi) is 21.0. The van der Waals surface area contributed by atoms with Crippen LogP contribution in [0.2, 0.25) is 0 Å². The first-order chi connectivity index (χ1) is 31.5. The Hall–Kier alpha value is -4.53. The number of alkyl halides is 3. The van der Waals surface area contributed by atoms with E-state index in [-0.39, 0.29) is 57.8 Å². The van der Waals surface area contributed by atoms with Gasteiger partial charge in [0.1, 0.15) is 12.3 Å². The van der Waals surface area contributed by atoms with Crippen LogP contribution in [0.15, 0.2) is 85.1 Å². The largest absolute Gasteiger partial charge is 0.416 e. The summed E-state index contributed by atoms with van der Waals surface area (Å²) in [6.45, 7) is 8.46. The molecule has 1 aliphatic rings. The van der Waals surface area contributed by atoms with Crippen molar-refractivity contribution in [2.24, 2.45) is 5.41 Å². The molecule has 5 rings (SSSR count). The Morgan fingerprint density at radius 3 is 2.03 bits per heavy atom. The van der Waals surface area contributed by atoms with E-state index in [4.69, 9.17) is 28.4 Å². The summed E-state index contributed by atoms with van der Waals surface area (Å²) in [5.41, 5.74) is 4.08. The smallest absolute Gasteiger partial charge is 0.396 e. The number of anilines is 2. The van der Waals surface area contributed by atoms with Crippen molar-refractivity contribution in [2.75, 3.05) is 109 Å². The van der Waals surface area contributed by atoms with Gasteiger partial charge in [-0.3, -0.25) is 15.1 Å². The van der Waals surface area contributed by atoms with Gasteiger partial charge in [0.2, 0.25) is 0 Å². The zero-order chi connectivity index (χ0) is 46.5. The van der Waals surface area contributed by atoms with Gasteiger partial charge in [0, 0.05) is 49.3 Å². The van der Waals surface area contributed by atoms with Gasteiger partial charge in [-0.05, 0) is 91.9 Å². The fraction of sp³-hybridized carbons (Fsp3) is 0.500. The molecule has 0 saturated carbocycles. The number of halogens is 3. The Bertz CT molecular complexity index is 2030. The molecule has 17 heteroatoms. The average molecular weight is 913 g/mol. The number of benzene rings is 3. The standard InChI is InChI=1S/C48H63F3N4O10/c1-3-55(4-2)40-13-14-42(41(29-40)43-28-37(15-16-52-43)44-46(65-44)53-30-36-9-6-12-39(27-36)48(49,50)51)54-45(59)38-11-5-8-35(26-38)10-7-17-60-18-19-61-20-21-62-22-23-63-24-25-64-34-47(31-56,32-57)33-58/h5-6,8-9,11-16,26-29,44,46,53,56-58H,3-4,7,10,17-25,30-34H2,1-2H3,(H,54,59). The summed E-state index contributed by atoms with van der Waals surface area (Å²) in [7, 11) is 0. The van der Waals surface area contributed by atoms with Gasteiger partial charge in [0.15, 0.2) is 0 Å². The van der Waals surface area contributed by atoms with Crippen molar-refractivity contribution < 1.29 is 61.7 Å². The van der Waals surface area contributed by atoms with Crippen molar-refractivity contribution in [1.82, 2.24) is 10.3 Å². The van der Waals surface area contributed by atoms with Crippen molar-refractivity contribution >= 4 is 17.3 Å². The van der Waals surface area contributed by atoms with Crippen LogP contribution in [0.3, 0.4) is 0 Å². The molecule has 0 spiro atoms. The van der Waals surface area contributed by atoms with Crippen molar-refractivity contribution in [3.05, 3.63) is 113 Å². The van der Waals surface area contributed by atoms with E-state index in [2.05, 4.69) is 34.4 Å². The van der Waals surface area contributed by atoms with Crippen LogP contribution < -0.4 is 15.5 Å². The number of nitrogens with zero attached hydrogens (tertiary/aromatic N) is 2. The van der Waals surface area contributed by atoms with Crippen LogP contribution in [0.25, 0.3) is 11.3 Å². The highest BCUT2D eigenvalue weighted by Gasteiger charge is 2.40. The molecular weight excluding hydrogens is 850 g/mol. The molecule has 1 saturated heterocycles. The van der Waals surface area contributed by atoms with E-state index in [1.165, 1.54) is 6.07 Å². The van der Waals surface area contributed by atoms with Crippen LogP contribution in [-0.2, 0) is 47.6 Å². The first-order valence-corrected chi connectivity index (χ1v) is 22.0. The number of amides is 1. The average Bonchev–Trinajstić information content (AvgIpc) is 4.11. The van der Waals surface area contributed by atoms with Crippen LogP contribution >= 0.6 is 0 Å². The van der Waals surface area contributed by atoms with Gasteiger partial charge >= 0.3 is 6.18 Å². The molecule has 1 amide bonds. The molecule has 3 aromatic carbocycles. The third-order valence-electron chi connectivity index (χ3n) is 10.9. The second kappa shape index (κ2) is 26.6. The van der Waals surface area contributed by atoms with Gasteiger partial charge in [0.05, 0.1) is 102 Å². The minimum absolute atomic E-state index is 0.0309.